The van der Waals surface area contributed by atoms with E-state index in [1.807, 2.05) is 44.2 Å². The number of hydrogen-bond donors (Lipinski definition) is 2. The Morgan fingerprint density at radius 1 is 1.29 bits per heavy atom. The van der Waals surface area contributed by atoms with Gasteiger partial charge in [-0.1, -0.05) is 35.5 Å². The average Bonchev–Trinajstić information content (AvgIpc) is 3.27. The summed E-state index contributed by atoms with van der Waals surface area (Å²) < 4.78 is 15.4. The summed E-state index contributed by atoms with van der Waals surface area (Å²) in [6.45, 7) is 4.44. The number of likely N-dealkylation sites (tertiary alicyclic amines) is 1. The predicted molar refractivity (Wildman–Crippen MR) is 101 cm³/mol. The van der Waals surface area contributed by atoms with E-state index >= 15 is 0 Å². The number of halogens is 1. The van der Waals surface area contributed by atoms with Gasteiger partial charge < -0.3 is 15.5 Å². The van der Waals surface area contributed by atoms with Gasteiger partial charge in [0.1, 0.15) is 6.17 Å². The summed E-state index contributed by atoms with van der Waals surface area (Å²) in [6.07, 6.45) is 0.686. The van der Waals surface area contributed by atoms with Crippen LogP contribution in [0.4, 0.5) is 9.18 Å². The average molecular weight is 388 g/mol. The topological polar surface area (TPSA) is 92.2 Å². The number of benzene rings is 1. The monoisotopic (exact) mass is 388 g/mol. The molecule has 150 valence electrons. The molecule has 1 aliphatic heterocycles. The summed E-state index contributed by atoms with van der Waals surface area (Å²) in [6, 6.07) is 8.89. The van der Waals surface area contributed by atoms with Crippen molar-refractivity contribution in [2.75, 3.05) is 6.54 Å². The maximum Gasteiger partial charge on any atom is 0.318 e. The maximum atomic E-state index is 13.9. The third kappa shape index (κ3) is 5.05. The number of nitrogens with zero attached hydrogens (tertiary/aromatic N) is 4. The van der Waals surface area contributed by atoms with Gasteiger partial charge in [0.2, 0.25) is 0 Å². The third-order valence-electron chi connectivity index (χ3n) is 4.50. The molecular formula is C19H25FN6O2. The molecule has 28 heavy (non-hydrogen) atoms. The van der Waals surface area contributed by atoms with Gasteiger partial charge in [-0.2, -0.15) is 0 Å². The zero-order chi connectivity index (χ0) is 20.1. The van der Waals surface area contributed by atoms with Crippen LogP contribution < -0.4 is 10.6 Å². The molecule has 2 heterocycles. The second kappa shape index (κ2) is 8.81. The van der Waals surface area contributed by atoms with Gasteiger partial charge >= 0.3 is 6.03 Å². The number of nitrogens with one attached hydrogen (secondary N) is 2. The SMILES string of the molecule is CC(C)NC(=O)N1CC(F)CC1Cn1cc(C(=O)NCc2ccccc2)nn1. The molecule has 0 saturated carbocycles. The molecule has 0 bridgehead atoms. The van der Waals surface area contributed by atoms with Crippen LogP contribution in [-0.4, -0.2) is 56.6 Å². The molecule has 1 fully saturated rings. The fraction of sp³-hybridized carbons (Fsp3) is 0.474. The number of carbonyl (C=O) groups is 2. The Labute approximate surface area is 163 Å². The minimum Gasteiger partial charge on any atom is -0.347 e. The van der Waals surface area contributed by atoms with E-state index in [2.05, 4.69) is 20.9 Å². The summed E-state index contributed by atoms with van der Waals surface area (Å²) in [5, 5.41) is 13.4. The fourth-order valence-corrected chi connectivity index (χ4v) is 3.19. The highest BCUT2D eigenvalue weighted by Crippen LogP contribution is 2.22. The normalized spacial score (nSPS) is 19.1. The van der Waals surface area contributed by atoms with Crippen molar-refractivity contribution in [3.8, 4) is 0 Å². The van der Waals surface area contributed by atoms with Crippen molar-refractivity contribution in [2.45, 2.75) is 51.6 Å². The molecule has 2 N–H and O–H groups in total. The molecule has 1 aromatic carbocycles. The van der Waals surface area contributed by atoms with Crippen LogP contribution in [0.1, 0.15) is 36.3 Å². The van der Waals surface area contributed by atoms with E-state index in [-0.39, 0.29) is 49.2 Å². The van der Waals surface area contributed by atoms with Crippen LogP contribution in [0.2, 0.25) is 0 Å². The minimum absolute atomic E-state index is 0.0295. The van der Waals surface area contributed by atoms with Crippen LogP contribution >= 0.6 is 0 Å². The van der Waals surface area contributed by atoms with E-state index in [4.69, 9.17) is 0 Å². The van der Waals surface area contributed by atoms with E-state index in [0.717, 1.165) is 5.56 Å². The zero-order valence-electron chi connectivity index (χ0n) is 16.0. The molecule has 1 saturated heterocycles. The van der Waals surface area contributed by atoms with E-state index in [9.17, 15) is 14.0 Å². The van der Waals surface area contributed by atoms with Crippen molar-refractivity contribution in [3.05, 3.63) is 47.8 Å². The highest BCUT2D eigenvalue weighted by Gasteiger charge is 2.36. The molecule has 1 aliphatic rings. The van der Waals surface area contributed by atoms with Crippen molar-refractivity contribution in [1.29, 1.82) is 0 Å². The lowest BCUT2D eigenvalue weighted by Gasteiger charge is -2.25. The van der Waals surface area contributed by atoms with Crippen LogP contribution in [0, 0.1) is 0 Å². The lowest BCUT2D eigenvalue weighted by atomic mass is 10.2. The Morgan fingerprint density at radius 2 is 2.04 bits per heavy atom. The summed E-state index contributed by atoms with van der Waals surface area (Å²) in [5.41, 5.74) is 1.17. The molecule has 0 aliphatic carbocycles. The zero-order valence-corrected chi connectivity index (χ0v) is 16.0. The molecule has 0 spiro atoms. The second-order valence-electron chi connectivity index (χ2n) is 7.24. The lowest BCUT2D eigenvalue weighted by molar-refractivity contribution is 0.0945. The first-order valence-electron chi connectivity index (χ1n) is 9.36. The van der Waals surface area contributed by atoms with Crippen molar-refractivity contribution < 1.29 is 14.0 Å². The summed E-state index contributed by atoms with van der Waals surface area (Å²) in [5.74, 6) is -0.334. The predicted octanol–water partition coefficient (Wildman–Crippen LogP) is 1.74. The van der Waals surface area contributed by atoms with E-state index in [1.54, 1.807) is 0 Å². The Balaban J connectivity index is 1.58. The summed E-state index contributed by atoms with van der Waals surface area (Å²) in [7, 11) is 0. The molecule has 2 atom stereocenters. The number of carbonyl (C=O) groups excluding carboxylic acids is 2. The third-order valence-corrected chi connectivity index (χ3v) is 4.50. The largest absolute Gasteiger partial charge is 0.347 e. The number of rotatable bonds is 6. The first kappa shape index (κ1) is 19.8. The molecule has 0 radical (unpaired) electrons. The van der Waals surface area contributed by atoms with Crippen molar-refractivity contribution in [1.82, 2.24) is 30.5 Å². The van der Waals surface area contributed by atoms with Gasteiger partial charge in [-0.25, -0.2) is 13.9 Å². The van der Waals surface area contributed by atoms with Gasteiger partial charge in [0, 0.05) is 19.0 Å². The second-order valence-corrected chi connectivity index (χ2v) is 7.24. The molecule has 2 aromatic rings. The van der Waals surface area contributed by atoms with E-state index in [0.29, 0.717) is 6.54 Å². The molecule has 2 unspecified atom stereocenters. The van der Waals surface area contributed by atoms with Gasteiger partial charge in [-0.05, 0) is 19.4 Å². The van der Waals surface area contributed by atoms with Crippen LogP contribution in [0.3, 0.4) is 0 Å². The van der Waals surface area contributed by atoms with Gasteiger partial charge in [0.05, 0.1) is 25.3 Å². The van der Waals surface area contributed by atoms with Gasteiger partial charge in [0.25, 0.3) is 5.91 Å². The van der Waals surface area contributed by atoms with Crippen LogP contribution in [0.25, 0.3) is 0 Å². The highest BCUT2D eigenvalue weighted by molar-refractivity contribution is 5.91. The molecule has 1 aromatic heterocycles. The van der Waals surface area contributed by atoms with Gasteiger partial charge in [0.15, 0.2) is 5.69 Å². The standard InChI is InChI=1S/C19H25FN6O2/c1-13(2)22-19(28)26-10-15(20)8-16(26)11-25-12-17(23-24-25)18(27)21-9-14-6-4-3-5-7-14/h3-7,12-13,15-16H,8-11H2,1-2H3,(H,21,27)(H,22,28). The number of hydrogen-bond acceptors (Lipinski definition) is 4. The first-order chi connectivity index (χ1) is 13.4. The van der Waals surface area contributed by atoms with Crippen LogP contribution in [0.15, 0.2) is 36.5 Å². The lowest BCUT2D eigenvalue weighted by Crippen LogP contribution is -2.46. The number of urea groups is 1. The van der Waals surface area contributed by atoms with Crippen molar-refractivity contribution in [3.63, 3.8) is 0 Å². The smallest absolute Gasteiger partial charge is 0.318 e. The molecule has 9 heteroatoms. The Kier molecular flexibility index (Phi) is 6.23. The minimum atomic E-state index is -1.07. The Hall–Kier alpha value is -2.97. The first-order valence-corrected chi connectivity index (χ1v) is 9.36. The van der Waals surface area contributed by atoms with Crippen molar-refractivity contribution >= 4 is 11.9 Å². The summed E-state index contributed by atoms with van der Waals surface area (Å²) in [4.78, 5) is 26.0. The number of aromatic nitrogens is 3. The number of alkyl halides is 1. The highest BCUT2D eigenvalue weighted by atomic mass is 19.1. The van der Waals surface area contributed by atoms with Gasteiger partial charge in [-0.3, -0.25) is 4.79 Å². The Bertz CT molecular complexity index is 810. The molecule has 8 nitrogen and oxygen atoms in total. The summed E-state index contributed by atoms with van der Waals surface area (Å²) >= 11 is 0. The maximum absolute atomic E-state index is 13.9. The molecule has 3 amide bonds. The molecule has 3 rings (SSSR count). The van der Waals surface area contributed by atoms with Crippen LogP contribution in [0.5, 0.6) is 0 Å². The fourth-order valence-electron chi connectivity index (χ4n) is 3.19. The van der Waals surface area contributed by atoms with E-state index in [1.165, 1.54) is 15.8 Å². The van der Waals surface area contributed by atoms with E-state index < -0.39 is 6.17 Å². The quantitative estimate of drug-likeness (QED) is 0.788. The Morgan fingerprint density at radius 3 is 2.75 bits per heavy atom. The van der Waals surface area contributed by atoms with Gasteiger partial charge in [-0.15, -0.1) is 5.10 Å². The number of amides is 3. The van der Waals surface area contributed by atoms with Crippen molar-refractivity contribution in [2.24, 2.45) is 0 Å². The molecular weight excluding hydrogens is 363 g/mol. The van der Waals surface area contributed by atoms with Crippen LogP contribution in [-0.2, 0) is 13.1 Å².